The van der Waals surface area contributed by atoms with Crippen molar-refractivity contribution < 1.29 is 24.2 Å². The molecule has 1 N–H and O–H groups in total. The van der Waals surface area contributed by atoms with Crippen LogP contribution < -0.4 is 9.47 Å². The fourth-order valence-corrected chi connectivity index (χ4v) is 6.08. The van der Waals surface area contributed by atoms with Gasteiger partial charge in [0.1, 0.15) is 11.5 Å². The molecule has 0 spiro atoms. The number of ketones is 2. The topological polar surface area (TPSA) is 72.8 Å². The van der Waals surface area contributed by atoms with E-state index in [-0.39, 0.29) is 34.2 Å². The summed E-state index contributed by atoms with van der Waals surface area (Å²) in [7, 11) is 0. The molecule has 2 aliphatic rings. The smallest absolute Gasteiger partial charge is 0.204 e. The number of hydrogen-bond donors (Lipinski definition) is 1. The number of rotatable bonds is 6. The number of alkyl halides is 2. The van der Waals surface area contributed by atoms with E-state index in [1.807, 2.05) is 13.8 Å². The predicted molar refractivity (Wildman–Crippen MR) is 191 cm³/mol. The first kappa shape index (κ1) is 39.6. The number of Topliss-reactive ketones (excluding diaryl/α,β-unsaturated/α-hetero) is 2. The molecule has 0 saturated carbocycles. The van der Waals surface area contributed by atoms with Crippen molar-refractivity contribution in [2.45, 2.75) is 112 Å². The lowest BCUT2D eigenvalue weighted by Crippen LogP contribution is -2.17. The van der Waals surface area contributed by atoms with Gasteiger partial charge in [0.25, 0.3) is 0 Å². The molecular weight excluding hydrogens is 675 g/mol. The number of aliphatic hydroxyl groups excluding tert-OH is 1. The maximum Gasteiger partial charge on any atom is 0.204 e. The van der Waals surface area contributed by atoms with Crippen LogP contribution in [0, 0.1) is 23.7 Å². The lowest BCUT2D eigenvalue weighted by Gasteiger charge is -2.26. The Morgan fingerprint density at radius 3 is 1.73 bits per heavy atom. The average Bonchev–Trinajstić information content (AvgIpc) is 3.34. The molecule has 0 aliphatic heterocycles. The van der Waals surface area contributed by atoms with Gasteiger partial charge in [-0.25, -0.2) is 0 Å². The summed E-state index contributed by atoms with van der Waals surface area (Å²) in [6.45, 7) is 27.0. The molecule has 252 valence electrons. The van der Waals surface area contributed by atoms with E-state index in [1.165, 1.54) is 0 Å². The highest BCUT2D eigenvalue weighted by molar-refractivity contribution is 9.10. The normalized spacial score (nSPS) is 17.6. The molecule has 4 rings (SSSR count). The summed E-state index contributed by atoms with van der Waals surface area (Å²) in [4.78, 5) is 24.6. The lowest BCUT2D eigenvalue weighted by molar-refractivity contribution is 0.0938. The number of carbonyl (C=O) groups excluding carboxylic acids is 2. The zero-order valence-corrected chi connectivity index (χ0v) is 32.3. The summed E-state index contributed by atoms with van der Waals surface area (Å²) in [5.41, 5.74) is 6.20. The van der Waals surface area contributed by atoms with Crippen LogP contribution in [-0.2, 0) is 23.7 Å². The van der Waals surface area contributed by atoms with Crippen LogP contribution in [-0.4, -0.2) is 34.9 Å². The summed E-state index contributed by atoms with van der Waals surface area (Å²) in [5, 5.41) is 6.36. The molecule has 0 saturated heterocycles. The van der Waals surface area contributed by atoms with Crippen LogP contribution in [0.1, 0.15) is 126 Å². The van der Waals surface area contributed by atoms with Gasteiger partial charge >= 0.3 is 0 Å². The number of carbonyl (C=O) groups is 2. The molecule has 2 aromatic carbocycles. The fraction of sp³-hybridized carbons (Fsp3) is 0.622. The van der Waals surface area contributed by atoms with E-state index in [2.05, 4.69) is 127 Å². The Labute approximate surface area is 289 Å². The molecule has 0 fully saturated rings. The van der Waals surface area contributed by atoms with Crippen molar-refractivity contribution in [3.8, 4) is 11.5 Å². The van der Waals surface area contributed by atoms with Crippen molar-refractivity contribution in [3.63, 3.8) is 0 Å². The van der Waals surface area contributed by atoms with Gasteiger partial charge in [0.15, 0.2) is 11.6 Å². The summed E-state index contributed by atoms with van der Waals surface area (Å²) >= 11 is 12.9. The van der Waals surface area contributed by atoms with E-state index in [1.54, 1.807) is 0 Å². The van der Waals surface area contributed by atoms with Gasteiger partial charge in [-0.2, -0.15) is 0 Å². The van der Waals surface area contributed by atoms with E-state index < -0.39 is 5.02 Å². The van der Waals surface area contributed by atoms with E-state index in [9.17, 15) is 9.59 Å². The number of hydrogen-bond acceptors (Lipinski definition) is 5. The zero-order valence-electron chi connectivity index (χ0n) is 29.2. The second-order valence-corrected chi connectivity index (χ2v) is 17.1. The first-order valence-electron chi connectivity index (χ1n) is 15.9. The van der Waals surface area contributed by atoms with Gasteiger partial charge in [-0.15, -0.1) is 0 Å². The van der Waals surface area contributed by atoms with E-state index >= 15 is 0 Å². The Kier molecular flexibility index (Phi) is 14.1. The molecule has 2 atom stereocenters. The molecule has 2 aromatic rings. The Balaban J connectivity index is 0.000000281. The van der Waals surface area contributed by atoms with Gasteiger partial charge in [0, 0.05) is 34.1 Å². The maximum atomic E-state index is 12.3. The van der Waals surface area contributed by atoms with Crippen molar-refractivity contribution in [3.05, 3.63) is 56.1 Å². The Hall–Kier alpha value is -1.60. The SMILES string of the molecule is CC(C)COc1c(C(C)(C)C)cc2c(c1Br)CC(C)C2=O.CC(C)COc1cc2c(cc1C(C)(C)C)C(=O)C(C)C2.OC(Cl)Cl. The zero-order chi connectivity index (χ0) is 34.6. The highest BCUT2D eigenvalue weighted by atomic mass is 79.9. The average molecular weight is 729 g/mol. The number of benzene rings is 2. The molecule has 0 radical (unpaired) electrons. The van der Waals surface area contributed by atoms with Crippen molar-refractivity contribution in [2.75, 3.05) is 13.2 Å². The van der Waals surface area contributed by atoms with Crippen molar-refractivity contribution in [1.82, 2.24) is 0 Å². The molecule has 0 aromatic heterocycles. The molecule has 45 heavy (non-hydrogen) atoms. The van der Waals surface area contributed by atoms with Gasteiger partial charge in [-0.1, -0.05) is 106 Å². The highest BCUT2D eigenvalue weighted by Gasteiger charge is 2.34. The number of ether oxygens (including phenoxy) is 2. The van der Waals surface area contributed by atoms with Gasteiger partial charge in [-0.3, -0.25) is 9.59 Å². The van der Waals surface area contributed by atoms with Gasteiger partial charge < -0.3 is 14.6 Å². The van der Waals surface area contributed by atoms with Crippen LogP contribution in [0.15, 0.2) is 22.7 Å². The van der Waals surface area contributed by atoms with Crippen LogP contribution in [0.2, 0.25) is 0 Å². The van der Waals surface area contributed by atoms with Crippen LogP contribution in [0.4, 0.5) is 0 Å². The van der Waals surface area contributed by atoms with Crippen LogP contribution in [0.5, 0.6) is 11.5 Å². The molecule has 0 amide bonds. The molecule has 5 nitrogen and oxygen atoms in total. The molecule has 8 heteroatoms. The third kappa shape index (κ3) is 10.7. The van der Waals surface area contributed by atoms with Crippen LogP contribution in [0.25, 0.3) is 0 Å². The minimum absolute atomic E-state index is 0.0204. The quantitative estimate of drug-likeness (QED) is 0.300. The van der Waals surface area contributed by atoms with Gasteiger partial charge in [0.2, 0.25) is 5.02 Å². The third-order valence-electron chi connectivity index (χ3n) is 7.74. The van der Waals surface area contributed by atoms with Crippen molar-refractivity contribution in [2.24, 2.45) is 23.7 Å². The summed E-state index contributed by atoms with van der Waals surface area (Å²) in [6, 6.07) is 6.22. The molecule has 0 heterocycles. The standard InChI is InChI=1S/C18H25BrO2.C18H26O2.CH2Cl2O/c1-10(2)9-21-17-14(18(4,5)6)8-13-12(15(17)19)7-11(3)16(13)20;1-11(2)10-20-16-8-13-7-12(3)17(19)14(13)9-15(16)18(4,5)6;2-1(3)4/h8,10-11H,7,9H2,1-6H3;8-9,11-12H,7,10H2,1-6H3;1,4H. The number of fused-ring (bicyclic) bond motifs is 2. The van der Waals surface area contributed by atoms with E-state index in [0.717, 1.165) is 62.2 Å². The number of halogens is 3. The number of aliphatic hydroxyl groups is 1. The first-order valence-corrected chi connectivity index (χ1v) is 17.6. The van der Waals surface area contributed by atoms with Gasteiger partial charge in [0.05, 0.1) is 17.7 Å². The first-order chi connectivity index (χ1) is 20.6. The lowest BCUT2D eigenvalue weighted by atomic mass is 9.84. The molecule has 2 unspecified atom stereocenters. The summed E-state index contributed by atoms with van der Waals surface area (Å²) in [5.74, 6) is 3.55. The Bertz CT molecular complexity index is 1350. The fourth-order valence-electron chi connectivity index (χ4n) is 5.37. The minimum atomic E-state index is -1.22. The molecule has 2 aliphatic carbocycles. The minimum Gasteiger partial charge on any atom is -0.493 e. The van der Waals surface area contributed by atoms with Gasteiger partial charge in [-0.05, 0) is 80.8 Å². The Morgan fingerprint density at radius 2 is 1.24 bits per heavy atom. The highest BCUT2D eigenvalue weighted by Crippen LogP contribution is 2.45. The molecule has 0 bridgehead atoms. The largest absolute Gasteiger partial charge is 0.493 e. The monoisotopic (exact) mass is 726 g/mol. The van der Waals surface area contributed by atoms with Crippen molar-refractivity contribution >= 4 is 50.7 Å². The van der Waals surface area contributed by atoms with E-state index in [0.29, 0.717) is 25.0 Å². The summed E-state index contributed by atoms with van der Waals surface area (Å²) in [6.07, 6.45) is 1.65. The predicted octanol–water partition coefficient (Wildman–Crippen LogP) is 10.3. The summed E-state index contributed by atoms with van der Waals surface area (Å²) < 4.78 is 13.1. The van der Waals surface area contributed by atoms with Crippen LogP contribution >= 0.6 is 39.1 Å². The maximum absolute atomic E-state index is 12.3. The Morgan fingerprint density at radius 1 is 0.800 bits per heavy atom. The van der Waals surface area contributed by atoms with Crippen molar-refractivity contribution in [1.29, 1.82) is 0 Å². The van der Waals surface area contributed by atoms with Crippen LogP contribution in [0.3, 0.4) is 0 Å². The molecular formula is C37H53BrCl2O5. The third-order valence-corrected chi connectivity index (χ3v) is 8.58. The van der Waals surface area contributed by atoms with E-state index in [4.69, 9.17) is 14.6 Å². The second kappa shape index (κ2) is 16.0. The second-order valence-electron chi connectivity index (χ2n) is 15.2.